The lowest BCUT2D eigenvalue weighted by Gasteiger charge is -2.21. The van der Waals surface area contributed by atoms with Crippen molar-refractivity contribution in [2.75, 3.05) is 24.6 Å². The number of sulfone groups is 1. The number of aliphatic imine (C=N–C) groups is 1. The number of nitrogens with zero attached hydrogens (tertiary/aromatic N) is 1. The van der Waals surface area contributed by atoms with Gasteiger partial charge in [-0.2, -0.15) is 0 Å². The van der Waals surface area contributed by atoms with Crippen molar-refractivity contribution in [3.8, 4) is 0 Å². The van der Waals surface area contributed by atoms with Gasteiger partial charge in [-0.15, -0.1) is 0 Å². The molecule has 20 heavy (non-hydrogen) atoms. The first-order valence-corrected chi connectivity index (χ1v) is 9.22. The minimum atomic E-state index is -2.89. The lowest BCUT2D eigenvalue weighted by Crippen LogP contribution is -2.45. The molecular formula is C13H25N3O3S. The first kappa shape index (κ1) is 15.6. The van der Waals surface area contributed by atoms with Gasteiger partial charge in [0.2, 0.25) is 0 Å². The van der Waals surface area contributed by atoms with Gasteiger partial charge in [-0.25, -0.2) is 8.42 Å². The Morgan fingerprint density at radius 1 is 1.40 bits per heavy atom. The summed E-state index contributed by atoms with van der Waals surface area (Å²) in [6.07, 6.45) is 4.33. The lowest BCUT2D eigenvalue weighted by atomic mass is 10.0. The number of hydrogen-bond acceptors (Lipinski definition) is 4. The monoisotopic (exact) mass is 303 g/mol. The van der Waals surface area contributed by atoms with Gasteiger partial charge >= 0.3 is 0 Å². The highest BCUT2D eigenvalue weighted by atomic mass is 32.2. The Morgan fingerprint density at radius 2 is 2.10 bits per heavy atom. The topological polar surface area (TPSA) is 90.8 Å². The molecule has 0 bridgehead atoms. The summed E-state index contributed by atoms with van der Waals surface area (Å²) in [5, 5.41) is 16.6. The minimum Gasteiger partial charge on any atom is -0.388 e. The molecule has 1 unspecified atom stereocenters. The molecule has 1 atom stereocenters. The van der Waals surface area contributed by atoms with Gasteiger partial charge in [0, 0.05) is 12.6 Å². The van der Waals surface area contributed by atoms with Gasteiger partial charge in [-0.3, -0.25) is 4.99 Å². The second-order valence-corrected chi connectivity index (χ2v) is 8.10. The van der Waals surface area contributed by atoms with Crippen molar-refractivity contribution in [1.82, 2.24) is 10.6 Å². The third-order valence-corrected chi connectivity index (χ3v) is 5.75. The Bertz CT molecular complexity index is 455. The van der Waals surface area contributed by atoms with Crippen LogP contribution in [-0.2, 0) is 9.84 Å². The summed E-state index contributed by atoms with van der Waals surface area (Å²) in [4.78, 5) is 4.43. The van der Waals surface area contributed by atoms with Crippen LogP contribution in [0.15, 0.2) is 4.99 Å². The summed E-state index contributed by atoms with van der Waals surface area (Å²) in [6.45, 7) is 3.05. The van der Waals surface area contributed by atoms with Gasteiger partial charge in [0.15, 0.2) is 15.8 Å². The molecule has 2 aliphatic rings. The standard InChI is InChI=1S/C13H25N3O3S/c1-2-14-12(15-10-13(17)6-3-4-7-13)16-11-5-8-20(18,19)9-11/h11,17H,2-10H2,1H3,(H2,14,15,16). The molecule has 0 amide bonds. The third kappa shape index (κ3) is 4.34. The van der Waals surface area contributed by atoms with E-state index in [2.05, 4.69) is 15.6 Å². The van der Waals surface area contributed by atoms with Gasteiger partial charge in [0.05, 0.1) is 23.7 Å². The van der Waals surface area contributed by atoms with Crippen molar-refractivity contribution in [3.63, 3.8) is 0 Å². The van der Waals surface area contributed by atoms with Gasteiger partial charge in [0.1, 0.15) is 0 Å². The summed E-state index contributed by atoms with van der Waals surface area (Å²) >= 11 is 0. The van der Waals surface area contributed by atoms with Crippen LogP contribution in [-0.4, -0.2) is 55.7 Å². The molecule has 0 aromatic heterocycles. The fourth-order valence-electron chi connectivity index (χ4n) is 2.84. The fraction of sp³-hybridized carbons (Fsp3) is 0.923. The molecule has 6 nitrogen and oxygen atoms in total. The molecule has 1 heterocycles. The second-order valence-electron chi connectivity index (χ2n) is 5.87. The van der Waals surface area contributed by atoms with E-state index < -0.39 is 15.4 Å². The predicted molar refractivity (Wildman–Crippen MR) is 79.6 cm³/mol. The van der Waals surface area contributed by atoms with E-state index in [1.807, 2.05) is 6.92 Å². The van der Waals surface area contributed by atoms with Gasteiger partial charge in [0.25, 0.3) is 0 Å². The Balaban J connectivity index is 1.92. The second kappa shape index (κ2) is 6.30. The van der Waals surface area contributed by atoms with Crippen molar-refractivity contribution < 1.29 is 13.5 Å². The molecule has 1 saturated carbocycles. The van der Waals surface area contributed by atoms with E-state index in [1.54, 1.807) is 0 Å². The van der Waals surface area contributed by atoms with E-state index in [1.165, 1.54) is 0 Å². The fourth-order valence-corrected chi connectivity index (χ4v) is 4.51. The van der Waals surface area contributed by atoms with Crippen molar-refractivity contribution in [3.05, 3.63) is 0 Å². The largest absolute Gasteiger partial charge is 0.388 e. The zero-order valence-corrected chi connectivity index (χ0v) is 12.9. The molecule has 3 N–H and O–H groups in total. The van der Waals surface area contributed by atoms with Crippen LogP contribution in [0.4, 0.5) is 0 Å². The van der Waals surface area contributed by atoms with E-state index in [0.29, 0.717) is 25.5 Å². The maximum Gasteiger partial charge on any atom is 0.191 e. The Kier molecular flexibility index (Phi) is 4.90. The first-order chi connectivity index (χ1) is 9.42. The van der Waals surface area contributed by atoms with E-state index >= 15 is 0 Å². The first-order valence-electron chi connectivity index (χ1n) is 7.40. The van der Waals surface area contributed by atoms with E-state index in [0.717, 1.165) is 25.7 Å². The molecule has 0 radical (unpaired) electrons. The lowest BCUT2D eigenvalue weighted by molar-refractivity contribution is 0.0574. The third-order valence-electron chi connectivity index (χ3n) is 3.98. The summed E-state index contributed by atoms with van der Waals surface area (Å²) in [5.41, 5.74) is -0.676. The average molecular weight is 303 g/mol. The number of guanidine groups is 1. The number of nitrogens with one attached hydrogen (secondary N) is 2. The van der Waals surface area contributed by atoms with Gasteiger partial charge in [-0.1, -0.05) is 12.8 Å². The average Bonchev–Trinajstić information content (AvgIpc) is 2.94. The van der Waals surface area contributed by atoms with E-state index in [4.69, 9.17) is 0 Å². The van der Waals surface area contributed by atoms with Crippen LogP contribution in [0.2, 0.25) is 0 Å². The van der Waals surface area contributed by atoms with Crippen molar-refractivity contribution >= 4 is 15.8 Å². The van der Waals surface area contributed by atoms with Crippen LogP contribution >= 0.6 is 0 Å². The molecule has 7 heteroatoms. The Labute approximate surface area is 121 Å². The molecule has 1 aliphatic heterocycles. The van der Waals surface area contributed by atoms with Crippen LogP contribution in [0.25, 0.3) is 0 Å². The smallest absolute Gasteiger partial charge is 0.191 e. The van der Waals surface area contributed by atoms with Gasteiger partial charge < -0.3 is 15.7 Å². The highest BCUT2D eigenvalue weighted by Gasteiger charge is 2.31. The summed E-state index contributed by atoms with van der Waals surface area (Å²) in [5.74, 6) is 1.02. The molecular weight excluding hydrogens is 278 g/mol. The van der Waals surface area contributed by atoms with Crippen LogP contribution in [0.1, 0.15) is 39.0 Å². The van der Waals surface area contributed by atoms with Gasteiger partial charge in [-0.05, 0) is 26.2 Å². The molecule has 116 valence electrons. The highest BCUT2D eigenvalue weighted by molar-refractivity contribution is 7.91. The number of hydrogen-bond donors (Lipinski definition) is 3. The van der Waals surface area contributed by atoms with Crippen LogP contribution in [0.5, 0.6) is 0 Å². The van der Waals surface area contributed by atoms with Crippen LogP contribution in [0.3, 0.4) is 0 Å². The number of aliphatic hydroxyl groups is 1. The molecule has 0 aromatic rings. The zero-order chi connectivity index (χ0) is 14.6. The van der Waals surface area contributed by atoms with Crippen molar-refractivity contribution in [2.24, 2.45) is 4.99 Å². The molecule has 1 saturated heterocycles. The van der Waals surface area contributed by atoms with Crippen LogP contribution in [0, 0.1) is 0 Å². The Hall–Kier alpha value is -0.820. The highest BCUT2D eigenvalue weighted by Crippen LogP contribution is 2.29. The quantitative estimate of drug-likeness (QED) is 0.504. The van der Waals surface area contributed by atoms with E-state index in [9.17, 15) is 13.5 Å². The van der Waals surface area contributed by atoms with Crippen molar-refractivity contribution in [2.45, 2.75) is 50.7 Å². The molecule has 2 rings (SSSR count). The molecule has 0 aromatic carbocycles. The molecule has 0 spiro atoms. The maximum absolute atomic E-state index is 11.5. The van der Waals surface area contributed by atoms with E-state index in [-0.39, 0.29) is 17.5 Å². The summed E-state index contributed by atoms with van der Waals surface area (Å²) in [6, 6.07) is -0.0731. The summed E-state index contributed by atoms with van der Waals surface area (Å²) in [7, 11) is -2.89. The maximum atomic E-state index is 11.5. The molecule has 1 aliphatic carbocycles. The predicted octanol–water partition coefficient (Wildman–Crippen LogP) is 0.0337. The normalized spacial score (nSPS) is 28.5. The van der Waals surface area contributed by atoms with Crippen LogP contribution < -0.4 is 10.6 Å². The summed E-state index contributed by atoms with van der Waals surface area (Å²) < 4.78 is 22.9. The van der Waals surface area contributed by atoms with Crippen molar-refractivity contribution in [1.29, 1.82) is 0 Å². The minimum absolute atomic E-state index is 0.0731. The number of rotatable bonds is 4. The SMILES string of the molecule is CCNC(=NCC1(O)CCCC1)NC1CCS(=O)(=O)C1. The Morgan fingerprint density at radius 3 is 2.65 bits per heavy atom. The molecule has 2 fully saturated rings. The zero-order valence-electron chi connectivity index (χ0n) is 12.1.